The number of aromatic carboxylic acids is 1. The van der Waals surface area contributed by atoms with Crippen LogP contribution in [0.5, 0.6) is 0 Å². The number of carboxylic acid groups (broad SMARTS) is 1. The van der Waals surface area contributed by atoms with Gasteiger partial charge in [0.1, 0.15) is 5.82 Å². The summed E-state index contributed by atoms with van der Waals surface area (Å²) in [6.45, 7) is 1.95. The second-order valence-corrected chi connectivity index (χ2v) is 5.22. The van der Waals surface area contributed by atoms with Crippen LogP contribution >= 0.6 is 0 Å². The van der Waals surface area contributed by atoms with Crippen molar-refractivity contribution in [1.29, 1.82) is 0 Å². The summed E-state index contributed by atoms with van der Waals surface area (Å²) in [7, 11) is 0. The van der Waals surface area contributed by atoms with Crippen LogP contribution in [0.1, 0.15) is 27.3 Å². The fourth-order valence-electron chi connectivity index (χ4n) is 2.32. The van der Waals surface area contributed by atoms with Crippen LogP contribution in [-0.4, -0.2) is 26.0 Å². The lowest BCUT2D eigenvalue weighted by molar-refractivity contribution is 0.0696. The average molecular weight is 305 g/mol. The predicted octanol–water partition coefficient (Wildman–Crippen LogP) is 3.14. The third-order valence-electron chi connectivity index (χ3n) is 3.61. The first kappa shape index (κ1) is 14.8. The molecule has 3 rings (SSSR count). The summed E-state index contributed by atoms with van der Waals surface area (Å²) in [5.74, 6) is -0.284. The normalized spacial score (nSPS) is 10.5. The van der Waals surface area contributed by atoms with Crippen molar-refractivity contribution in [1.82, 2.24) is 15.0 Å². The minimum Gasteiger partial charge on any atom is -0.478 e. The van der Waals surface area contributed by atoms with Crippen LogP contribution in [-0.2, 0) is 6.42 Å². The first-order valence-corrected chi connectivity index (χ1v) is 7.18. The molecule has 0 saturated carbocycles. The van der Waals surface area contributed by atoms with Gasteiger partial charge in [-0.3, -0.25) is 4.98 Å². The van der Waals surface area contributed by atoms with Gasteiger partial charge in [-0.05, 0) is 48.4 Å². The van der Waals surface area contributed by atoms with E-state index in [4.69, 9.17) is 5.11 Å². The molecule has 2 aromatic heterocycles. The molecular formula is C18H15N3O2. The van der Waals surface area contributed by atoms with Crippen LogP contribution in [0.4, 0.5) is 0 Å². The van der Waals surface area contributed by atoms with Gasteiger partial charge >= 0.3 is 5.97 Å². The van der Waals surface area contributed by atoms with Crippen molar-refractivity contribution in [3.8, 4) is 11.3 Å². The number of aryl methyl sites for hydroxylation is 1. The molecule has 0 aliphatic heterocycles. The van der Waals surface area contributed by atoms with Crippen LogP contribution in [0.15, 0.2) is 55.0 Å². The lowest BCUT2D eigenvalue weighted by atomic mass is 10.0. The topological polar surface area (TPSA) is 76.0 Å². The Kier molecular flexibility index (Phi) is 4.10. The Balaban J connectivity index is 1.92. The summed E-state index contributed by atoms with van der Waals surface area (Å²) in [6, 6.07) is 10.7. The molecule has 0 saturated heterocycles. The largest absolute Gasteiger partial charge is 0.478 e. The summed E-state index contributed by atoms with van der Waals surface area (Å²) in [6.07, 6.45) is 5.66. The van der Waals surface area contributed by atoms with E-state index in [9.17, 15) is 4.79 Å². The molecule has 0 bridgehead atoms. The van der Waals surface area contributed by atoms with Gasteiger partial charge in [-0.2, -0.15) is 0 Å². The highest BCUT2D eigenvalue weighted by Gasteiger charge is 2.09. The maximum Gasteiger partial charge on any atom is 0.335 e. The monoisotopic (exact) mass is 305 g/mol. The van der Waals surface area contributed by atoms with Crippen LogP contribution in [0.25, 0.3) is 11.3 Å². The third kappa shape index (κ3) is 3.40. The Hall–Kier alpha value is -3.08. The SMILES string of the molecule is Cc1ccc(C(=O)O)cc1Cc1nccc(-c2cccnc2)n1. The summed E-state index contributed by atoms with van der Waals surface area (Å²) in [5, 5.41) is 9.12. The summed E-state index contributed by atoms with van der Waals surface area (Å²) < 4.78 is 0. The van der Waals surface area contributed by atoms with Crippen molar-refractivity contribution in [3.63, 3.8) is 0 Å². The first-order chi connectivity index (χ1) is 11.1. The smallest absolute Gasteiger partial charge is 0.335 e. The van der Waals surface area contributed by atoms with Crippen molar-refractivity contribution < 1.29 is 9.90 Å². The zero-order chi connectivity index (χ0) is 16.2. The number of carbonyl (C=O) groups is 1. The fraction of sp³-hybridized carbons (Fsp3) is 0.111. The molecule has 1 aromatic carbocycles. The molecule has 1 N–H and O–H groups in total. The van der Waals surface area contributed by atoms with Crippen molar-refractivity contribution >= 4 is 5.97 Å². The molecule has 23 heavy (non-hydrogen) atoms. The average Bonchev–Trinajstić information content (AvgIpc) is 2.58. The quantitative estimate of drug-likeness (QED) is 0.801. The van der Waals surface area contributed by atoms with E-state index >= 15 is 0 Å². The highest BCUT2D eigenvalue weighted by Crippen LogP contribution is 2.18. The molecule has 2 heterocycles. The van der Waals surface area contributed by atoms with E-state index in [-0.39, 0.29) is 5.56 Å². The molecule has 0 aliphatic carbocycles. The Morgan fingerprint density at radius 3 is 2.78 bits per heavy atom. The summed E-state index contributed by atoms with van der Waals surface area (Å²) in [5.41, 5.74) is 3.93. The molecule has 3 aromatic rings. The number of carboxylic acids is 1. The number of benzene rings is 1. The van der Waals surface area contributed by atoms with E-state index in [2.05, 4.69) is 15.0 Å². The van der Waals surface area contributed by atoms with Gasteiger partial charge in [-0.1, -0.05) is 6.07 Å². The van der Waals surface area contributed by atoms with Gasteiger partial charge in [-0.25, -0.2) is 14.8 Å². The number of pyridine rings is 1. The molecule has 0 aliphatic rings. The minimum absolute atomic E-state index is 0.272. The third-order valence-corrected chi connectivity index (χ3v) is 3.61. The van der Waals surface area contributed by atoms with Crippen LogP contribution in [0.3, 0.4) is 0 Å². The van der Waals surface area contributed by atoms with Crippen molar-refractivity contribution in [3.05, 3.63) is 77.5 Å². The molecule has 5 heteroatoms. The van der Waals surface area contributed by atoms with Gasteiger partial charge < -0.3 is 5.11 Å². The maximum absolute atomic E-state index is 11.1. The standard InChI is InChI=1S/C18H15N3O2/c1-12-4-5-13(18(22)23)9-15(12)10-17-20-8-6-16(21-17)14-3-2-7-19-11-14/h2-9,11H,10H2,1H3,(H,22,23). The lowest BCUT2D eigenvalue weighted by Gasteiger charge is -2.07. The number of rotatable bonds is 4. The predicted molar refractivity (Wildman–Crippen MR) is 86.2 cm³/mol. The van der Waals surface area contributed by atoms with Crippen LogP contribution < -0.4 is 0 Å². The summed E-state index contributed by atoms with van der Waals surface area (Å²) in [4.78, 5) is 24.1. The van der Waals surface area contributed by atoms with Gasteiger partial charge in [0.25, 0.3) is 0 Å². The molecule has 0 radical (unpaired) electrons. The van der Waals surface area contributed by atoms with E-state index in [1.165, 1.54) is 0 Å². The zero-order valence-electron chi connectivity index (χ0n) is 12.6. The Bertz CT molecular complexity index is 848. The number of aromatic nitrogens is 3. The molecular weight excluding hydrogens is 290 g/mol. The number of nitrogens with zero attached hydrogens (tertiary/aromatic N) is 3. The highest BCUT2D eigenvalue weighted by molar-refractivity contribution is 5.87. The second-order valence-electron chi connectivity index (χ2n) is 5.22. The summed E-state index contributed by atoms with van der Waals surface area (Å²) >= 11 is 0. The van der Waals surface area contributed by atoms with Gasteiger partial charge in [0.05, 0.1) is 11.3 Å². The number of hydrogen-bond donors (Lipinski definition) is 1. The van der Waals surface area contributed by atoms with Crippen LogP contribution in [0, 0.1) is 6.92 Å². The molecule has 0 atom stereocenters. The van der Waals surface area contributed by atoms with Gasteiger partial charge in [-0.15, -0.1) is 0 Å². The Labute approximate surface area is 133 Å². The lowest BCUT2D eigenvalue weighted by Crippen LogP contribution is -2.03. The van der Waals surface area contributed by atoms with E-state index in [0.717, 1.165) is 22.4 Å². The molecule has 0 amide bonds. The van der Waals surface area contributed by atoms with Crippen molar-refractivity contribution in [2.45, 2.75) is 13.3 Å². The minimum atomic E-state index is -0.934. The Morgan fingerprint density at radius 2 is 2.04 bits per heavy atom. The molecule has 0 unspecified atom stereocenters. The van der Waals surface area contributed by atoms with E-state index in [1.54, 1.807) is 30.7 Å². The first-order valence-electron chi connectivity index (χ1n) is 7.18. The van der Waals surface area contributed by atoms with Crippen molar-refractivity contribution in [2.24, 2.45) is 0 Å². The van der Waals surface area contributed by atoms with Crippen LogP contribution in [0.2, 0.25) is 0 Å². The van der Waals surface area contributed by atoms with Gasteiger partial charge in [0.15, 0.2) is 0 Å². The highest BCUT2D eigenvalue weighted by atomic mass is 16.4. The second kappa shape index (κ2) is 6.36. The fourth-order valence-corrected chi connectivity index (χ4v) is 2.32. The maximum atomic E-state index is 11.1. The number of hydrogen-bond acceptors (Lipinski definition) is 4. The van der Waals surface area contributed by atoms with E-state index in [0.29, 0.717) is 12.2 Å². The van der Waals surface area contributed by atoms with Gasteiger partial charge in [0, 0.05) is 30.6 Å². The van der Waals surface area contributed by atoms with Gasteiger partial charge in [0.2, 0.25) is 0 Å². The molecule has 114 valence electrons. The van der Waals surface area contributed by atoms with Crippen molar-refractivity contribution in [2.75, 3.05) is 0 Å². The van der Waals surface area contributed by atoms with E-state index in [1.807, 2.05) is 31.2 Å². The zero-order valence-corrected chi connectivity index (χ0v) is 12.6. The molecule has 0 spiro atoms. The van der Waals surface area contributed by atoms with E-state index < -0.39 is 5.97 Å². The molecule has 5 nitrogen and oxygen atoms in total. The Morgan fingerprint density at radius 1 is 1.17 bits per heavy atom. The molecule has 0 fully saturated rings.